The van der Waals surface area contributed by atoms with Crippen LogP contribution < -0.4 is 11.1 Å². The van der Waals surface area contributed by atoms with Crippen LogP contribution in [-0.2, 0) is 12.0 Å². The number of hydrogen-bond acceptors (Lipinski definition) is 4. The number of rotatable bonds is 2. The van der Waals surface area contributed by atoms with Gasteiger partial charge in [0.1, 0.15) is 5.01 Å². The minimum absolute atomic E-state index is 0.214. The van der Waals surface area contributed by atoms with Crippen LogP contribution in [0.5, 0.6) is 0 Å². The molecule has 1 aliphatic heterocycles. The number of aryl methyl sites for hydroxylation is 2. The zero-order valence-corrected chi connectivity index (χ0v) is 11.2. The molecule has 0 spiro atoms. The fraction of sp³-hybridized carbons (Fsp3) is 0.750. The molecule has 4 heteroatoms. The zero-order valence-electron chi connectivity index (χ0n) is 10.3. The predicted molar refractivity (Wildman–Crippen MR) is 68.7 cm³/mol. The van der Waals surface area contributed by atoms with Crippen molar-refractivity contribution in [2.45, 2.75) is 39.2 Å². The van der Waals surface area contributed by atoms with E-state index in [1.54, 1.807) is 11.3 Å². The molecule has 0 radical (unpaired) electrons. The molecule has 2 atom stereocenters. The number of thiazole rings is 1. The lowest BCUT2D eigenvalue weighted by Gasteiger charge is -2.38. The van der Waals surface area contributed by atoms with Crippen molar-refractivity contribution in [3.63, 3.8) is 0 Å². The number of aromatic nitrogens is 1. The normalized spacial score (nSPS) is 30.6. The van der Waals surface area contributed by atoms with Crippen molar-refractivity contribution in [2.24, 2.45) is 11.7 Å². The van der Waals surface area contributed by atoms with Crippen LogP contribution in [0.1, 0.15) is 35.8 Å². The van der Waals surface area contributed by atoms with E-state index in [1.165, 1.54) is 10.6 Å². The van der Waals surface area contributed by atoms with Gasteiger partial charge < -0.3 is 11.1 Å². The molecule has 2 unspecified atom stereocenters. The molecule has 1 fully saturated rings. The summed E-state index contributed by atoms with van der Waals surface area (Å²) in [7, 11) is 0. The smallest absolute Gasteiger partial charge is 0.113 e. The zero-order chi connectivity index (χ0) is 11.8. The van der Waals surface area contributed by atoms with Gasteiger partial charge in [-0.1, -0.05) is 13.8 Å². The fourth-order valence-electron chi connectivity index (χ4n) is 2.32. The van der Waals surface area contributed by atoms with Crippen LogP contribution in [0.25, 0.3) is 0 Å². The summed E-state index contributed by atoms with van der Waals surface area (Å²) in [6, 6.07) is 0. The second-order valence-electron chi connectivity index (χ2n) is 4.77. The highest BCUT2D eigenvalue weighted by Gasteiger charge is 2.38. The average Bonchev–Trinajstić information content (AvgIpc) is 2.65. The Morgan fingerprint density at radius 1 is 1.62 bits per heavy atom. The third-order valence-corrected chi connectivity index (χ3v) is 4.88. The molecular weight excluding hydrogens is 218 g/mol. The van der Waals surface area contributed by atoms with E-state index >= 15 is 0 Å². The summed E-state index contributed by atoms with van der Waals surface area (Å²) in [5.74, 6) is 0.455. The topological polar surface area (TPSA) is 50.9 Å². The van der Waals surface area contributed by atoms with E-state index in [-0.39, 0.29) is 5.54 Å². The average molecular weight is 239 g/mol. The largest absolute Gasteiger partial charge is 0.319 e. The summed E-state index contributed by atoms with van der Waals surface area (Å²) in [6.07, 6.45) is 2.00. The van der Waals surface area contributed by atoms with Gasteiger partial charge in [-0.15, -0.1) is 11.3 Å². The molecule has 90 valence electrons. The molecule has 0 amide bonds. The Bertz CT molecular complexity index is 374. The Balaban J connectivity index is 2.33. The van der Waals surface area contributed by atoms with Gasteiger partial charge in [0.2, 0.25) is 0 Å². The number of hydrogen-bond donors (Lipinski definition) is 2. The first-order valence-electron chi connectivity index (χ1n) is 6.04. The van der Waals surface area contributed by atoms with Gasteiger partial charge in [0.15, 0.2) is 0 Å². The van der Waals surface area contributed by atoms with E-state index in [1.807, 2.05) is 0 Å². The molecule has 0 aliphatic carbocycles. The van der Waals surface area contributed by atoms with E-state index < -0.39 is 0 Å². The summed E-state index contributed by atoms with van der Waals surface area (Å²) < 4.78 is 0. The summed E-state index contributed by atoms with van der Waals surface area (Å²) >= 11 is 1.78. The number of nitrogens with zero attached hydrogens (tertiary/aromatic N) is 1. The molecule has 1 saturated heterocycles. The molecule has 3 nitrogen and oxygen atoms in total. The maximum atomic E-state index is 6.57. The lowest BCUT2D eigenvalue weighted by atomic mass is 9.81. The third kappa shape index (κ3) is 1.90. The number of nitrogens with two attached hydrogens (primary N) is 1. The highest BCUT2D eigenvalue weighted by atomic mass is 32.1. The van der Waals surface area contributed by atoms with E-state index in [0.29, 0.717) is 5.92 Å². The number of nitrogens with one attached hydrogen (secondary N) is 1. The van der Waals surface area contributed by atoms with Crippen molar-refractivity contribution in [2.75, 3.05) is 13.1 Å². The lowest BCUT2D eigenvalue weighted by Crippen LogP contribution is -2.52. The van der Waals surface area contributed by atoms with Crippen molar-refractivity contribution >= 4 is 11.3 Å². The van der Waals surface area contributed by atoms with Crippen molar-refractivity contribution < 1.29 is 0 Å². The van der Waals surface area contributed by atoms with Gasteiger partial charge in [0.25, 0.3) is 0 Å². The van der Waals surface area contributed by atoms with Gasteiger partial charge in [0.05, 0.1) is 11.2 Å². The standard InChI is InChI=1S/C12H21N3S/c1-4-10-9(3)16-11(15-10)12(13)5-6-14-7-8(12)2/h8,14H,4-7,13H2,1-3H3. The van der Waals surface area contributed by atoms with Crippen LogP contribution in [0, 0.1) is 12.8 Å². The maximum Gasteiger partial charge on any atom is 0.113 e. The molecule has 1 aliphatic rings. The Morgan fingerprint density at radius 2 is 2.38 bits per heavy atom. The van der Waals surface area contributed by atoms with Gasteiger partial charge in [-0.25, -0.2) is 4.98 Å². The Morgan fingerprint density at radius 3 is 2.94 bits per heavy atom. The van der Waals surface area contributed by atoms with Crippen LogP contribution in [0.4, 0.5) is 0 Å². The van der Waals surface area contributed by atoms with Crippen molar-refractivity contribution in [1.29, 1.82) is 0 Å². The van der Waals surface area contributed by atoms with Crippen molar-refractivity contribution in [3.05, 3.63) is 15.6 Å². The molecule has 3 N–H and O–H groups in total. The molecule has 0 saturated carbocycles. The number of piperidine rings is 1. The van der Waals surface area contributed by atoms with Crippen LogP contribution in [0.3, 0.4) is 0 Å². The van der Waals surface area contributed by atoms with Crippen molar-refractivity contribution in [3.8, 4) is 0 Å². The SMILES string of the molecule is CCc1nc(C2(N)CCNCC2C)sc1C. The summed E-state index contributed by atoms with van der Waals surface area (Å²) in [4.78, 5) is 6.07. The summed E-state index contributed by atoms with van der Waals surface area (Å²) in [5, 5.41) is 4.53. The van der Waals surface area contributed by atoms with Crippen LogP contribution in [0.2, 0.25) is 0 Å². The molecule has 2 rings (SSSR count). The van der Waals surface area contributed by atoms with Gasteiger partial charge in [0, 0.05) is 4.88 Å². The van der Waals surface area contributed by atoms with Crippen LogP contribution in [0.15, 0.2) is 0 Å². The van der Waals surface area contributed by atoms with E-state index in [9.17, 15) is 0 Å². The lowest BCUT2D eigenvalue weighted by molar-refractivity contribution is 0.222. The second-order valence-corrected chi connectivity index (χ2v) is 5.97. The van der Waals surface area contributed by atoms with Gasteiger partial charge >= 0.3 is 0 Å². The summed E-state index contributed by atoms with van der Waals surface area (Å²) in [6.45, 7) is 8.52. The highest BCUT2D eigenvalue weighted by molar-refractivity contribution is 7.11. The molecule has 1 aromatic rings. The Kier molecular flexibility index (Phi) is 3.33. The Hall–Kier alpha value is -0.450. The summed E-state index contributed by atoms with van der Waals surface area (Å²) in [5.41, 5.74) is 7.57. The van der Waals surface area contributed by atoms with Gasteiger partial charge in [-0.3, -0.25) is 0 Å². The minimum Gasteiger partial charge on any atom is -0.319 e. The second kappa shape index (κ2) is 4.43. The van der Waals surface area contributed by atoms with E-state index in [4.69, 9.17) is 10.7 Å². The first kappa shape index (κ1) is 12.0. The molecule has 1 aromatic heterocycles. The molecular formula is C12H21N3S. The predicted octanol–water partition coefficient (Wildman–Crippen LogP) is 1.80. The van der Waals surface area contributed by atoms with Crippen molar-refractivity contribution in [1.82, 2.24) is 10.3 Å². The molecule has 0 aromatic carbocycles. The minimum atomic E-state index is -0.214. The van der Waals surface area contributed by atoms with E-state index in [2.05, 4.69) is 26.1 Å². The van der Waals surface area contributed by atoms with Crippen LogP contribution >= 0.6 is 11.3 Å². The Labute approximate surface area is 101 Å². The maximum absolute atomic E-state index is 6.57. The first-order chi connectivity index (χ1) is 7.58. The van der Waals surface area contributed by atoms with Gasteiger partial charge in [-0.05, 0) is 38.8 Å². The van der Waals surface area contributed by atoms with Gasteiger partial charge in [-0.2, -0.15) is 0 Å². The third-order valence-electron chi connectivity index (χ3n) is 3.67. The fourth-order valence-corrected chi connectivity index (χ4v) is 3.56. The van der Waals surface area contributed by atoms with E-state index in [0.717, 1.165) is 30.9 Å². The van der Waals surface area contributed by atoms with Crippen LogP contribution in [-0.4, -0.2) is 18.1 Å². The first-order valence-corrected chi connectivity index (χ1v) is 6.86. The highest BCUT2D eigenvalue weighted by Crippen LogP contribution is 2.35. The molecule has 2 heterocycles. The monoisotopic (exact) mass is 239 g/mol. The quantitative estimate of drug-likeness (QED) is 0.827. The molecule has 0 bridgehead atoms. The molecule has 16 heavy (non-hydrogen) atoms.